The molecule has 1 saturated heterocycles. The molecule has 0 bridgehead atoms. The molecule has 2 aromatic rings. The fourth-order valence-electron chi connectivity index (χ4n) is 2.95. The Morgan fingerprint density at radius 1 is 1.12 bits per heavy atom. The summed E-state index contributed by atoms with van der Waals surface area (Å²) >= 11 is 0. The number of carbonyl (C=O) groups excluding carboxylic acids is 1. The molecule has 1 aromatic carbocycles. The average Bonchev–Trinajstić information content (AvgIpc) is 2.98. The Bertz CT molecular complexity index is 734. The molecule has 0 saturated carbocycles. The highest BCUT2D eigenvalue weighted by molar-refractivity contribution is 6.03. The van der Waals surface area contributed by atoms with Crippen LogP contribution >= 0.6 is 0 Å². The standard InChI is InChI=1S/C17H20N4O3/c1-19-15(14(11-18-19)17(23)24)16(22)21-9-7-20(8-10-21)12-13-5-3-2-4-6-13/h2-6,11H,7-10,12H2,1H3,(H,23,24). The van der Waals surface area contributed by atoms with Gasteiger partial charge in [0.1, 0.15) is 11.3 Å². The van der Waals surface area contributed by atoms with E-state index >= 15 is 0 Å². The molecule has 1 amide bonds. The third kappa shape index (κ3) is 3.30. The van der Waals surface area contributed by atoms with Crippen molar-refractivity contribution in [1.29, 1.82) is 0 Å². The number of carboxylic acids is 1. The highest BCUT2D eigenvalue weighted by Gasteiger charge is 2.28. The second kappa shape index (κ2) is 6.84. The summed E-state index contributed by atoms with van der Waals surface area (Å²) in [5, 5.41) is 13.1. The number of nitrogens with zero attached hydrogens (tertiary/aromatic N) is 4. The Morgan fingerprint density at radius 3 is 2.42 bits per heavy atom. The molecule has 0 aliphatic carbocycles. The van der Waals surface area contributed by atoms with E-state index in [0.717, 1.165) is 19.6 Å². The lowest BCUT2D eigenvalue weighted by Gasteiger charge is -2.34. The van der Waals surface area contributed by atoms with Gasteiger partial charge in [-0.1, -0.05) is 30.3 Å². The fraction of sp³-hybridized carbons (Fsp3) is 0.353. The number of carbonyl (C=O) groups is 2. The van der Waals surface area contributed by atoms with Gasteiger partial charge < -0.3 is 10.0 Å². The number of benzene rings is 1. The first-order valence-electron chi connectivity index (χ1n) is 7.87. The van der Waals surface area contributed by atoms with Gasteiger partial charge >= 0.3 is 5.97 Å². The molecule has 0 spiro atoms. The van der Waals surface area contributed by atoms with Crippen molar-refractivity contribution in [2.45, 2.75) is 6.54 Å². The minimum absolute atomic E-state index is 0.0470. The molecule has 3 rings (SSSR count). The summed E-state index contributed by atoms with van der Waals surface area (Å²) < 4.78 is 1.34. The quantitative estimate of drug-likeness (QED) is 0.908. The maximum absolute atomic E-state index is 12.7. The van der Waals surface area contributed by atoms with Crippen LogP contribution in [0.5, 0.6) is 0 Å². The van der Waals surface area contributed by atoms with E-state index in [1.807, 2.05) is 18.2 Å². The number of carboxylic acid groups (broad SMARTS) is 1. The number of piperazine rings is 1. The molecule has 1 aliphatic rings. The van der Waals surface area contributed by atoms with E-state index in [1.54, 1.807) is 11.9 Å². The van der Waals surface area contributed by atoms with E-state index in [1.165, 1.54) is 16.4 Å². The predicted molar refractivity (Wildman–Crippen MR) is 87.8 cm³/mol. The van der Waals surface area contributed by atoms with Crippen LogP contribution in [0.15, 0.2) is 36.5 Å². The summed E-state index contributed by atoms with van der Waals surface area (Å²) in [6, 6.07) is 10.2. The Balaban J connectivity index is 1.63. The topological polar surface area (TPSA) is 78.7 Å². The third-order valence-corrected chi connectivity index (χ3v) is 4.28. The summed E-state index contributed by atoms with van der Waals surface area (Å²) in [6.45, 7) is 3.54. The van der Waals surface area contributed by atoms with Crippen molar-refractivity contribution in [3.05, 3.63) is 53.3 Å². The summed E-state index contributed by atoms with van der Waals surface area (Å²) in [6.07, 6.45) is 1.22. The Kier molecular flexibility index (Phi) is 4.61. The van der Waals surface area contributed by atoms with Crippen molar-refractivity contribution in [2.75, 3.05) is 26.2 Å². The first kappa shape index (κ1) is 16.2. The molecular weight excluding hydrogens is 308 g/mol. The summed E-state index contributed by atoms with van der Waals surface area (Å²) in [5.74, 6) is -1.40. The van der Waals surface area contributed by atoms with Gasteiger partial charge in [0.05, 0.1) is 6.20 Å². The maximum atomic E-state index is 12.7. The van der Waals surface area contributed by atoms with Gasteiger partial charge in [0, 0.05) is 39.8 Å². The minimum atomic E-state index is -1.13. The zero-order chi connectivity index (χ0) is 17.1. The van der Waals surface area contributed by atoms with Crippen LogP contribution in [0.1, 0.15) is 26.4 Å². The smallest absolute Gasteiger partial charge is 0.339 e. The van der Waals surface area contributed by atoms with Gasteiger partial charge in [-0.05, 0) is 5.56 Å². The molecule has 1 aromatic heterocycles. The summed E-state index contributed by atoms with van der Waals surface area (Å²) in [5.41, 5.74) is 1.34. The first-order valence-corrected chi connectivity index (χ1v) is 7.87. The van der Waals surface area contributed by atoms with Gasteiger partial charge in [-0.2, -0.15) is 5.10 Å². The number of hydrogen-bond acceptors (Lipinski definition) is 4. The lowest BCUT2D eigenvalue weighted by atomic mass is 10.2. The lowest BCUT2D eigenvalue weighted by Crippen LogP contribution is -2.48. The van der Waals surface area contributed by atoms with Crippen LogP contribution in [0.4, 0.5) is 0 Å². The van der Waals surface area contributed by atoms with Gasteiger partial charge in [0.25, 0.3) is 5.91 Å². The molecule has 0 radical (unpaired) electrons. The zero-order valence-electron chi connectivity index (χ0n) is 13.6. The van der Waals surface area contributed by atoms with E-state index in [0.29, 0.717) is 13.1 Å². The number of rotatable bonds is 4. The zero-order valence-corrected chi connectivity index (χ0v) is 13.6. The molecule has 24 heavy (non-hydrogen) atoms. The van der Waals surface area contributed by atoms with Gasteiger partial charge in [0.15, 0.2) is 0 Å². The second-order valence-electron chi connectivity index (χ2n) is 5.89. The van der Waals surface area contributed by atoms with E-state index in [-0.39, 0.29) is 17.2 Å². The van der Waals surface area contributed by atoms with Crippen LogP contribution < -0.4 is 0 Å². The van der Waals surface area contributed by atoms with Crippen molar-refractivity contribution < 1.29 is 14.7 Å². The molecule has 1 aliphatic heterocycles. The number of aryl methyl sites for hydroxylation is 1. The number of hydrogen-bond donors (Lipinski definition) is 1. The molecular formula is C17H20N4O3. The van der Waals surface area contributed by atoms with Crippen LogP contribution in [0.25, 0.3) is 0 Å². The highest BCUT2D eigenvalue weighted by Crippen LogP contribution is 2.14. The maximum Gasteiger partial charge on any atom is 0.339 e. The van der Waals surface area contributed by atoms with Gasteiger partial charge in [-0.3, -0.25) is 14.4 Å². The van der Waals surface area contributed by atoms with E-state index in [9.17, 15) is 14.7 Å². The van der Waals surface area contributed by atoms with E-state index < -0.39 is 5.97 Å². The normalized spacial score (nSPS) is 15.5. The van der Waals surface area contributed by atoms with Gasteiger partial charge in [0.2, 0.25) is 0 Å². The monoisotopic (exact) mass is 328 g/mol. The highest BCUT2D eigenvalue weighted by atomic mass is 16.4. The van der Waals surface area contributed by atoms with Crippen LogP contribution in [-0.4, -0.2) is 62.7 Å². The Labute approximate surface area is 140 Å². The van der Waals surface area contributed by atoms with E-state index in [2.05, 4.69) is 22.1 Å². The second-order valence-corrected chi connectivity index (χ2v) is 5.89. The SMILES string of the molecule is Cn1ncc(C(=O)O)c1C(=O)N1CCN(Cc2ccccc2)CC1. The molecule has 0 atom stereocenters. The van der Waals surface area contributed by atoms with Crippen LogP contribution in [0.3, 0.4) is 0 Å². The number of aromatic nitrogens is 2. The molecule has 7 heteroatoms. The molecule has 126 valence electrons. The molecule has 2 heterocycles. The van der Waals surface area contributed by atoms with E-state index in [4.69, 9.17) is 0 Å². The Morgan fingerprint density at radius 2 is 1.79 bits per heavy atom. The third-order valence-electron chi connectivity index (χ3n) is 4.28. The van der Waals surface area contributed by atoms with Crippen molar-refractivity contribution in [2.24, 2.45) is 7.05 Å². The molecule has 1 fully saturated rings. The van der Waals surface area contributed by atoms with Crippen molar-refractivity contribution >= 4 is 11.9 Å². The molecule has 7 nitrogen and oxygen atoms in total. The predicted octanol–water partition coefficient (Wildman–Crippen LogP) is 1.08. The minimum Gasteiger partial charge on any atom is -0.478 e. The van der Waals surface area contributed by atoms with Crippen molar-refractivity contribution in [3.63, 3.8) is 0 Å². The average molecular weight is 328 g/mol. The molecule has 1 N–H and O–H groups in total. The van der Waals surface area contributed by atoms with Crippen molar-refractivity contribution in [1.82, 2.24) is 19.6 Å². The van der Waals surface area contributed by atoms with Crippen LogP contribution in [-0.2, 0) is 13.6 Å². The largest absolute Gasteiger partial charge is 0.478 e. The Hall–Kier alpha value is -2.67. The van der Waals surface area contributed by atoms with Crippen LogP contribution in [0.2, 0.25) is 0 Å². The molecule has 0 unspecified atom stereocenters. The number of aromatic carboxylic acids is 1. The lowest BCUT2D eigenvalue weighted by molar-refractivity contribution is 0.0599. The summed E-state index contributed by atoms with van der Waals surface area (Å²) in [4.78, 5) is 27.9. The summed E-state index contributed by atoms with van der Waals surface area (Å²) in [7, 11) is 1.59. The van der Waals surface area contributed by atoms with Gasteiger partial charge in [-0.25, -0.2) is 4.79 Å². The fourth-order valence-corrected chi connectivity index (χ4v) is 2.95. The number of amides is 1. The van der Waals surface area contributed by atoms with Gasteiger partial charge in [-0.15, -0.1) is 0 Å². The first-order chi connectivity index (χ1) is 11.6. The van der Waals surface area contributed by atoms with Crippen LogP contribution in [0, 0.1) is 0 Å². The van der Waals surface area contributed by atoms with Crippen molar-refractivity contribution in [3.8, 4) is 0 Å².